The lowest BCUT2D eigenvalue weighted by Crippen LogP contribution is -2.50. The minimum absolute atomic E-state index is 0.0278. The summed E-state index contributed by atoms with van der Waals surface area (Å²) in [5.74, 6) is 5.90. The molecule has 2 aromatic carbocycles. The number of hydrogen-bond donors (Lipinski definition) is 1. The highest BCUT2D eigenvalue weighted by atomic mass is 32.2. The normalized spacial score (nSPS) is 20.3. The molecule has 0 aliphatic carbocycles. The van der Waals surface area contributed by atoms with Gasteiger partial charge in [-0.05, 0) is 49.4 Å². The molecule has 3 rings (SSSR count). The summed E-state index contributed by atoms with van der Waals surface area (Å²) in [6, 6.07) is 9.88. The van der Waals surface area contributed by atoms with Crippen LogP contribution in [0, 0.1) is 17.8 Å². The molecule has 1 N–H and O–H groups in total. The fourth-order valence-corrected chi connectivity index (χ4v) is 7.02. The molecule has 0 spiro atoms. The molecule has 1 aliphatic rings. The Morgan fingerprint density at radius 3 is 2.50 bits per heavy atom. The van der Waals surface area contributed by atoms with Crippen LogP contribution in [0.5, 0.6) is 11.5 Å². The molecule has 0 radical (unpaired) electrons. The Morgan fingerprint density at radius 1 is 1.21 bits per heavy atom. The zero-order chi connectivity index (χ0) is 28.1. The first-order chi connectivity index (χ1) is 17.9. The molecule has 0 fully saturated rings. The van der Waals surface area contributed by atoms with Gasteiger partial charge in [0.1, 0.15) is 29.1 Å². The molecular formula is C26H34N2O8S2. The van der Waals surface area contributed by atoms with Gasteiger partial charge in [-0.15, -0.1) is 0 Å². The highest BCUT2D eigenvalue weighted by Gasteiger charge is 2.39. The first kappa shape index (κ1) is 29.9. The van der Waals surface area contributed by atoms with E-state index < -0.39 is 38.1 Å². The number of likely N-dealkylation sites (N-methyl/N-ethyl adjacent to an activating group) is 1. The summed E-state index contributed by atoms with van der Waals surface area (Å²) in [7, 11) is -3.44. The van der Waals surface area contributed by atoms with Gasteiger partial charge in [-0.1, -0.05) is 18.8 Å². The molecule has 0 unspecified atom stereocenters. The molecule has 0 bridgehead atoms. The van der Waals surface area contributed by atoms with E-state index in [1.165, 1.54) is 54.1 Å². The average Bonchev–Trinajstić information content (AvgIpc) is 2.90. The van der Waals surface area contributed by atoms with E-state index in [1.807, 2.05) is 0 Å². The van der Waals surface area contributed by atoms with E-state index >= 15 is 0 Å². The quantitative estimate of drug-likeness (QED) is 0.480. The molecule has 208 valence electrons. The van der Waals surface area contributed by atoms with Gasteiger partial charge >= 0.3 is 0 Å². The number of aliphatic hydroxyl groups is 1. The molecule has 1 aliphatic heterocycles. The van der Waals surface area contributed by atoms with Crippen molar-refractivity contribution in [2.45, 2.75) is 35.8 Å². The molecule has 1 heterocycles. The van der Waals surface area contributed by atoms with Gasteiger partial charge < -0.3 is 19.3 Å². The molecule has 0 aromatic heterocycles. The van der Waals surface area contributed by atoms with E-state index in [-0.39, 0.29) is 41.8 Å². The van der Waals surface area contributed by atoms with E-state index in [0.717, 1.165) is 0 Å². The molecule has 2 aromatic rings. The van der Waals surface area contributed by atoms with Gasteiger partial charge in [0, 0.05) is 38.2 Å². The van der Waals surface area contributed by atoms with Crippen LogP contribution in [0.4, 0.5) is 0 Å². The molecular weight excluding hydrogens is 532 g/mol. The van der Waals surface area contributed by atoms with Crippen molar-refractivity contribution in [3.8, 4) is 23.3 Å². The third kappa shape index (κ3) is 6.48. The van der Waals surface area contributed by atoms with Gasteiger partial charge in [0.2, 0.25) is 20.0 Å². The minimum atomic E-state index is -4.03. The number of ether oxygens (including phenoxy) is 3. The minimum Gasteiger partial charge on any atom is -0.497 e. The summed E-state index contributed by atoms with van der Waals surface area (Å²) >= 11 is 0. The maximum absolute atomic E-state index is 13.6. The SMILES string of the molecule is COCC#Cc1ccc2c(c1)O[C@H](CN(C)S(=O)(=O)c1ccc(OC)cc1)[C@@H](C)CN([C@@H](C)CO)S2(=O)=O. The molecule has 10 nitrogen and oxygen atoms in total. The van der Waals surface area contributed by atoms with E-state index in [4.69, 9.17) is 14.2 Å². The van der Waals surface area contributed by atoms with Crippen LogP contribution in [0.2, 0.25) is 0 Å². The van der Waals surface area contributed by atoms with Gasteiger partial charge in [-0.25, -0.2) is 16.8 Å². The number of rotatable bonds is 8. The molecule has 0 saturated carbocycles. The maximum atomic E-state index is 13.6. The number of sulfonamides is 2. The highest BCUT2D eigenvalue weighted by Crippen LogP contribution is 2.34. The van der Waals surface area contributed by atoms with Crippen molar-refractivity contribution in [3.05, 3.63) is 48.0 Å². The van der Waals surface area contributed by atoms with E-state index in [9.17, 15) is 21.9 Å². The third-order valence-electron chi connectivity index (χ3n) is 6.32. The summed E-state index contributed by atoms with van der Waals surface area (Å²) in [5, 5.41) is 9.80. The standard InChI is InChI=1S/C26H34N2O8S2/c1-19-16-28(20(2)18-29)38(32,33)26-13-8-21(7-6-14-34-4)15-24(26)36-25(19)17-27(3)37(30,31)23-11-9-22(35-5)10-12-23/h8-13,15,19-20,25,29H,14,16-18H2,1-5H3/t19-,20-,25+/m0/s1. The van der Waals surface area contributed by atoms with E-state index in [0.29, 0.717) is 11.3 Å². The topological polar surface area (TPSA) is 123 Å². The second kappa shape index (κ2) is 12.5. The Hall–Kier alpha value is -2.66. The Labute approximate surface area is 225 Å². The molecule has 12 heteroatoms. The summed E-state index contributed by atoms with van der Waals surface area (Å²) in [5.41, 5.74) is 0.518. The molecule has 38 heavy (non-hydrogen) atoms. The van der Waals surface area contributed by atoms with Crippen LogP contribution in [0.25, 0.3) is 0 Å². The maximum Gasteiger partial charge on any atom is 0.247 e. The van der Waals surface area contributed by atoms with Gasteiger partial charge in [0.15, 0.2) is 0 Å². The van der Waals surface area contributed by atoms with E-state index in [1.54, 1.807) is 32.0 Å². The first-order valence-corrected chi connectivity index (χ1v) is 14.8. The number of fused-ring (bicyclic) bond motifs is 1. The van der Waals surface area contributed by atoms with Crippen molar-refractivity contribution in [2.24, 2.45) is 5.92 Å². The van der Waals surface area contributed by atoms with Crippen molar-refractivity contribution >= 4 is 20.0 Å². The predicted molar refractivity (Wildman–Crippen MR) is 142 cm³/mol. The Morgan fingerprint density at radius 2 is 1.89 bits per heavy atom. The molecule has 0 saturated heterocycles. The number of methoxy groups -OCH3 is 2. The zero-order valence-electron chi connectivity index (χ0n) is 22.1. The fraction of sp³-hybridized carbons (Fsp3) is 0.462. The smallest absolute Gasteiger partial charge is 0.247 e. The third-order valence-corrected chi connectivity index (χ3v) is 10.2. The zero-order valence-corrected chi connectivity index (χ0v) is 23.8. The van der Waals surface area contributed by atoms with Crippen LogP contribution in [-0.2, 0) is 24.8 Å². The Bertz CT molecular complexity index is 1380. The number of benzene rings is 2. The average molecular weight is 567 g/mol. The van der Waals surface area contributed by atoms with Crippen LogP contribution in [0.3, 0.4) is 0 Å². The van der Waals surface area contributed by atoms with Crippen LogP contribution >= 0.6 is 0 Å². The van der Waals surface area contributed by atoms with Crippen LogP contribution in [0.1, 0.15) is 19.4 Å². The Kier molecular flexibility index (Phi) is 9.80. The summed E-state index contributed by atoms with van der Waals surface area (Å²) in [4.78, 5) is 0.0150. The second-order valence-corrected chi connectivity index (χ2v) is 13.0. The highest BCUT2D eigenvalue weighted by molar-refractivity contribution is 7.89. The summed E-state index contributed by atoms with van der Waals surface area (Å²) < 4.78 is 72.5. The molecule has 3 atom stereocenters. The van der Waals surface area contributed by atoms with Crippen molar-refractivity contribution in [2.75, 3.05) is 47.6 Å². The first-order valence-electron chi connectivity index (χ1n) is 12.0. The lowest BCUT2D eigenvalue weighted by Gasteiger charge is -2.37. The predicted octanol–water partition coefficient (Wildman–Crippen LogP) is 1.78. The number of hydrogen-bond acceptors (Lipinski definition) is 8. The van der Waals surface area contributed by atoms with Crippen LogP contribution < -0.4 is 9.47 Å². The van der Waals surface area contributed by atoms with Gasteiger partial charge in [0.25, 0.3) is 0 Å². The summed E-state index contributed by atoms with van der Waals surface area (Å²) in [6.45, 7) is 3.21. The lowest BCUT2D eigenvalue weighted by molar-refractivity contribution is 0.0904. The fourth-order valence-electron chi connectivity index (χ4n) is 4.01. The Balaban J connectivity index is 2.02. The van der Waals surface area contributed by atoms with Crippen molar-refractivity contribution in [1.29, 1.82) is 0 Å². The van der Waals surface area contributed by atoms with Crippen molar-refractivity contribution < 1.29 is 36.2 Å². The van der Waals surface area contributed by atoms with Gasteiger partial charge in [-0.3, -0.25) is 0 Å². The van der Waals surface area contributed by atoms with Gasteiger partial charge in [-0.2, -0.15) is 8.61 Å². The number of nitrogens with zero attached hydrogens (tertiary/aromatic N) is 2. The number of aliphatic hydroxyl groups excluding tert-OH is 1. The van der Waals surface area contributed by atoms with Crippen molar-refractivity contribution in [3.63, 3.8) is 0 Å². The second-order valence-electron chi connectivity index (χ2n) is 9.10. The monoisotopic (exact) mass is 566 g/mol. The van der Waals surface area contributed by atoms with Crippen LogP contribution in [-0.4, -0.2) is 90.3 Å². The largest absolute Gasteiger partial charge is 0.497 e. The summed E-state index contributed by atoms with van der Waals surface area (Å²) in [6.07, 6.45) is -0.710. The van der Waals surface area contributed by atoms with Crippen molar-refractivity contribution in [1.82, 2.24) is 8.61 Å². The molecule has 0 amide bonds. The lowest BCUT2D eigenvalue weighted by atomic mass is 10.0. The van der Waals surface area contributed by atoms with Gasteiger partial charge in [0.05, 0.1) is 25.2 Å². The van der Waals surface area contributed by atoms with E-state index in [2.05, 4.69) is 11.8 Å². The van der Waals surface area contributed by atoms with Crippen LogP contribution in [0.15, 0.2) is 52.3 Å².